The van der Waals surface area contributed by atoms with E-state index in [1.165, 1.54) is 21.9 Å². The van der Waals surface area contributed by atoms with Crippen molar-refractivity contribution in [1.29, 1.82) is 0 Å². The molecule has 4 aliphatic heterocycles. The minimum Gasteiger partial charge on any atom is -0.458 e. The summed E-state index contributed by atoms with van der Waals surface area (Å²) in [6.07, 6.45) is 0. The molecule has 0 amide bonds. The highest BCUT2D eigenvalue weighted by atomic mass is 16.5. The van der Waals surface area contributed by atoms with Gasteiger partial charge >= 0.3 is 0 Å². The molecule has 486 valence electrons. The molecule has 0 atom stereocenters. The zero-order valence-electron chi connectivity index (χ0n) is 56.8. The zero-order chi connectivity index (χ0) is 68.6. The first-order valence-electron chi connectivity index (χ1n) is 35.8. The molecule has 4 heterocycles. The predicted molar refractivity (Wildman–Crippen MR) is 437 cm³/mol. The molecule has 0 spiro atoms. The number of hydrogen-bond donors (Lipinski definition) is 0. The molecule has 0 unspecified atom stereocenters. The van der Waals surface area contributed by atoms with E-state index in [9.17, 15) is 0 Å². The van der Waals surface area contributed by atoms with Crippen LogP contribution < -0.4 is 62.0 Å². The van der Waals surface area contributed by atoms with Gasteiger partial charge in [-0.2, -0.15) is 0 Å². The topological polar surface area (TPSA) is 25.4 Å². The highest BCUT2D eigenvalue weighted by Crippen LogP contribution is 2.55. The van der Waals surface area contributed by atoms with Crippen molar-refractivity contribution >= 4 is 132 Å². The molecule has 16 aromatic carbocycles. The number of anilines is 15. The molecule has 0 aromatic heterocycles. The molecule has 0 radical (unpaired) electrons. The van der Waals surface area contributed by atoms with E-state index in [1.54, 1.807) is 0 Å². The van der Waals surface area contributed by atoms with E-state index in [0.29, 0.717) is 0 Å². The normalized spacial score (nSPS) is 12.6. The fraction of sp³-hybridized carbons (Fsp3) is 0. The number of nitrogens with zero attached hydrogens (tertiary/aromatic N) is 5. The lowest BCUT2D eigenvalue weighted by atomic mass is 9.30. The number of benzene rings is 16. The summed E-state index contributed by atoms with van der Waals surface area (Å²) in [7, 11) is 0. The Hall–Kier alpha value is -13.6. The fourth-order valence-corrected chi connectivity index (χ4v) is 16.9. The third-order valence-corrected chi connectivity index (χ3v) is 21.2. The first kappa shape index (κ1) is 60.4. The molecular weight excluding hydrogens is 1260 g/mol. The molecule has 0 N–H and O–H groups in total. The summed E-state index contributed by atoms with van der Waals surface area (Å²) in [6, 6.07) is 144. The van der Waals surface area contributed by atoms with Crippen molar-refractivity contribution in [2.75, 3.05) is 24.5 Å². The van der Waals surface area contributed by atoms with E-state index >= 15 is 0 Å². The van der Waals surface area contributed by atoms with Crippen LogP contribution in [0, 0.1) is 0 Å². The third kappa shape index (κ3) is 9.97. The highest BCUT2D eigenvalue weighted by Gasteiger charge is 2.48. The van der Waals surface area contributed by atoms with Gasteiger partial charge in [0.25, 0.3) is 13.4 Å². The van der Waals surface area contributed by atoms with E-state index < -0.39 is 0 Å². The van der Waals surface area contributed by atoms with Crippen LogP contribution in [0.5, 0.6) is 11.5 Å². The number of rotatable bonds is 13. The number of hydrogen-bond acceptors (Lipinski definition) is 6. The molecule has 0 bridgehead atoms. The molecule has 104 heavy (non-hydrogen) atoms. The molecule has 0 saturated carbocycles. The fourth-order valence-electron chi connectivity index (χ4n) is 16.9. The van der Waals surface area contributed by atoms with Gasteiger partial charge in [0.05, 0.1) is 22.7 Å². The average Bonchev–Trinajstić information content (AvgIpc) is 0.677. The smallest absolute Gasteiger partial charge is 0.256 e. The van der Waals surface area contributed by atoms with Crippen LogP contribution >= 0.6 is 0 Å². The Morgan fingerprint density at radius 2 is 0.529 bits per heavy atom. The van der Waals surface area contributed by atoms with Crippen LogP contribution in [-0.4, -0.2) is 13.4 Å². The first-order chi connectivity index (χ1) is 51.7. The Morgan fingerprint density at radius 1 is 0.212 bits per heavy atom. The highest BCUT2D eigenvalue weighted by molar-refractivity contribution is 7.02. The first-order valence-corrected chi connectivity index (χ1v) is 35.8. The van der Waals surface area contributed by atoms with Crippen molar-refractivity contribution in [3.05, 3.63) is 394 Å². The molecule has 16 aromatic rings. The van der Waals surface area contributed by atoms with Gasteiger partial charge in [0.2, 0.25) is 0 Å². The predicted octanol–water partition coefficient (Wildman–Crippen LogP) is 21.8. The lowest BCUT2D eigenvalue weighted by molar-refractivity contribution is 0.488. The molecule has 0 aliphatic carbocycles. The molecule has 4 aliphatic rings. The number of ether oxygens (including phenoxy) is 1. The molecule has 8 heteroatoms. The van der Waals surface area contributed by atoms with Crippen LogP contribution in [0.4, 0.5) is 85.3 Å². The average molecular weight is 1330 g/mol. The lowest BCUT2D eigenvalue weighted by Crippen LogP contribution is -2.64. The Morgan fingerprint density at radius 3 is 0.923 bits per heavy atom. The molecule has 0 fully saturated rings. The molecule has 6 nitrogen and oxygen atoms in total. The van der Waals surface area contributed by atoms with Crippen molar-refractivity contribution < 1.29 is 4.74 Å². The summed E-state index contributed by atoms with van der Waals surface area (Å²) in [5, 5.41) is 0. The van der Waals surface area contributed by atoms with E-state index in [-0.39, 0.29) is 13.4 Å². The van der Waals surface area contributed by atoms with Gasteiger partial charge in [-0.3, -0.25) is 0 Å². The van der Waals surface area contributed by atoms with Crippen LogP contribution in [-0.2, 0) is 0 Å². The largest absolute Gasteiger partial charge is 0.458 e. The number of fused-ring (bicyclic) bond motifs is 8. The van der Waals surface area contributed by atoms with Crippen LogP contribution in [0.25, 0.3) is 44.5 Å². The maximum Gasteiger partial charge on any atom is 0.256 e. The van der Waals surface area contributed by atoms with Gasteiger partial charge in [0.1, 0.15) is 11.5 Å². The maximum absolute atomic E-state index is 8.00. The standard InChI is InChI=1S/C96H65B2N5O/c1-10-34-66(35-11-1)77-52-32-53-78(67-36-12-2-13-37-67)95(77)99(70-42-18-5-19-43-70)75-60-88-93-89(61-75)103(74-50-26-9-27-51-74)87-65-91-84(64-83(87)97(93)81-56-28-30-58-85(81)101(88)72-46-22-7-23-47-72)98-82-57-29-31-59-86(82)102(73-48-24-8-25-49-73)90-62-76(63-92(104-91)94(90)98)100(71-44-20-6-21-45-71)96-79(68-38-14-3-15-39-68)54-33-55-80(96)69-40-16-4-17-41-69/h1-65H. The summed E-state index contributed by atoms with van der Waals surface area (Å²) in [4.78, 5) is 12.5. The summed E-state index contributed by atoms with van der Waals surface area (Å²) < 4.78 is 8.00. The van der Waals surface area contributed by atoms with E-state index in [0.717, 1.165) is 152 Å². The van der Waals surface area contributed by atoms with Crippen molar-refractivity contribution in [3.63, 3.8) is 0 Å². The van der Waals surface area contributed by atoms with Gasteiger partial charge in [-0.25, -0.2) is 0 Å². The Bertz CT molecular complexity index is 5800. The van der Waals surface area contributed by atoms with Gasteiger partial charge < -0.3 is 29.2 Å². The van der Waals surface area contributed by atoms with Crippen LogP contribution in [0.2, 0.25) is 0 Å². The van der Waals surface area contributed by atoms with Crippen LogP contribution in [0.1, 0.15) is 0 Å². The van der Waals surface area contributed by atoms with Crippen LogP contribution in [0.3, 0.4) is 0 Å². The molecular formula is C96H65B2N5O. The lowest BCUT2D eigenvalue weighted by Gasteiger charge is -2.46. The SMILES string of the molecule is c1ccc(-c2cccc(-c3ccccc3)c2N(c2ccccc2)c2cc3c4c(c2)N(c2ccccc2)c2ccccc2B4c2cc4c(cc2O3)N(c2ccccc2)c2cc(N(c3ccccc3)c3c(-c5ccccc5)cccc3-c3ccccc3)cc3c2B4c2ccccc2N3c2ccccc2)cc1. The van der Waals surface area contributed by atoms with Gasteiger partial charge in [-0.15, -0.1) is 0 Å². The third-order valence-electron chi connectivity index (χ3n) is 21.2. The second-order valence-electron chi connectivity index (χ2n) is 27.0. The van der Waals surface area contributed by atoms with E-state index in [1.807, 2.05) is 0 Å². The van der Waals surface area contributed by atoms with Gasteiger partial charge in [0.15, 0.2) is 0 Å². The van der Waals surface area contributed by atoms with Crippen molar-refractivity contribution in [3.8, 4) is 56.0 Å². The quantitative estimate of drug-likeness (QED) is 0.107. The number of para-hydroxylation sites is 9. The summed E-state index contributed by atoms with van der Waals surface area (Å²) in [6.45, 7) is -0.463. The Labute approximate surface area is 607 Å². The van der Waals surface area contributed by atoms with Gasteiger partial charge in [-0.05, 0) is 146 Å². The van der Waals surface area contributed by atoms with Crippen LogP contribution in [0.15, 0.2) is 394 Å². The molecule has 0 saturated heterocycles. The van der Waals surface area contributed by atoms with Crippen molar-refractivity contribution in [2.45, 2.75) is 0 Å². The Kier molecular flexibility index (Phi) is 14.7. The zero-order valence-corrected chi connectivity index (χ0v) is 56.8. The van der Waals surface area contributed by atoms with Crippen molar-refractivity contribution in [2.24, 2.45) is 0 Å². The maximum atomic E-state index is 8.00. The summed E-state index contributed by atoms with van der Waals surface area (Å²) >= 11 is 0. The minimum atomic E-state index is -0.239. The molecule has 20 rings (SSSR count). The van der Waals surface area contributed by atoms with E-state index in [4.69, 9.17) is 4.74 Å². The van der Waals surface area contributed by atoms with Gasteiger partial charge in [-0.1, -0.05) is 291 Å². The van der Waals surface area contributed by atoms with E-state index in [2.05, 4.69) is 419 Å². The second kappa shape index (κ2) is 25.3. The van der Waals surface area contributed by atoms with Gasteiger partial charge in [0, 0.05) is 96.9 Å². The Balaban J connectivity index is 0.868. The summed E-state index contributed by atoms with van der Waals surface area (Å²) in [5.74, 6) is 1.60. The minimum absolute atomic E-state index is 0.224. The summed E-state index contributed by atoms with van der Waals surface area (Å²) in [5.41, 5.74) is 31.8. The van der Waals surface area contributed by atoms with Crippen molar-refractivity contribution in [1.82, 2.24) is 0 Å². The second-order valence-corrected chi connectivity index (χ2v) is 27.0. The monoisotopic (exact) mass is 1330 g/mol.